The molecule has 0 radical (unpaired) electrons. The smallest absolute Gasteiger partial charge is 0.308 e. The molecule has 0 saturated heterocycles. The minimum atomic E-state index is -1.18. The van der Waals surface area contributed by atoms with Crippen molar-refractivity contribution >= 4 is 21.9 Å². The predicted octanol–water partition coefficient (Wildman–Crippen LogP) is 2.11. The molecule has 0 fully saturated rings. The molecular weight excluding hydrogens is 300 g/mol. The van der Waals surface area contributed by atoms with Crippen LogP contribution in [0.1, 0.15) is 30.6 Å². The number of benzene rings is 1. The fourth-order valence-electron chi connectivity index (χ4n) is 1.58. The maximum atomic E-state index is 11.2. The van der Waals surface area contributed by atoms with E-state index < -0.39 is 18.2 Å². The van der Waals surface area contributed by atoms with Crippen LogP contribution in [0.4, 0.5) is 0 Å². The summed E-state index contributed by atoms with van der Waals surface area (Å²) in [5.74, 6) is -0.521. The molecule has 1 aromatic carbocycles. The first-order chi connectivity index (χ1) is 8.45. The first-order valence-electron chi connectivity index (χ1n) is 5.73. The minimum Gasteiger partial charge on any atom is -0.466 e. The number of carbonyl (C=O) groups is 1. The SMILES string of the molecule is CCOC(=O)CC(O)C(O)c1ccc(C)cc1Br. The molecule has 100 valence electrons. The number of aryl methyl sites for hydroxylation is 1. The third-order valence-electron chi connectivity index (χ3n) is 2.52. The maximum absolute atomic E-state index is 11.2. The summed E-state index contributed by atoms with van der Waals surface area (Å²) in [6, 6.07) is 5.40. The van der Waals surface area contributed by atoms with E-state index in [0.29, 0.717) is 10.0 Å². The van der Waals surface area contributed by atoms with Crippen LogP contribution < -0.4 is 0 Å². The molecule has 4 nitrogen and oxygen atoms in total. The van der Waals surface area contributed by atoms with Crippen LogP contribution in [-0.4, -0.2) is 28.9 Å². The molecule has 1 rings (SSSR count). The van der Waals surface area contributed by atoms with Gasteiger partial charge in [-0.2, -0.15) is 0 Å². The van der Waals surface area contributed by atoms with E-state index in [4.69, 9.17) is 4.74 Å². The van der Waals surface area contributed by atoms with Gasteiger partial charge in [-0.15, -0.1) is 0 Å². The topological polar surface area (TPSA) is 66.8 Å². The zero-order valence-electron chi connectivity index (χ0n) is 10.4. The van der Waals surface area contributed by atoms with E-state index in [2.05, 4.69) is 15.9 Å². The minimum absolute atomic E-state index is 0.227. The number of rotatable bonds is 5. The second-order valence-electron chi connectivity index (χ2n) is 4.05. The van der Waals surface area contributed by atoms with E-state index in [1.165, 1.54) is 0 Å². The molecule has 5 heteroatoms. The fourth-order valence-corrected chi connectivity index (χ4v) is 2.31. The highest BCUT2D eigenvalue weighted by Gasteiger charge is 2.23. The number of carbonyl (C=O) groups excluding carboxylic acids is 1. The number of aliphatic hydroxyl groups is 2. The van der Waals surface area contributed by atoms with E-state index in [9.17, 15) is 15.0 Å². The molecule has 0 bridgehead atoms. The Morgan fingerprint density at radius 3 is 2.67 bits per heavy atom. The molecule has 0 aliphatic rings. The van der Waals surface area contributed by atoms with E-state index in [1.807, 2.05) is 19.1 Å². The molecular formula is C13H17BrO4. The summed E-state index contributed by atoms with van der Waals surface area (Å²) in [4.78, 5) is 11.2. The Morgan fingerprint density at radius 1 is 1.44 bits per heavy atom. The molecule has 2 N–H and O–H groups in total. The Balaban J connectivity index is 2.73. The summed E-state index contributed by atoms with van der Waals surface area (Å²) in [5.41, 5.74) is 1.59. The summed E-state index contributed by atoms with van der Waals surface area (Å²) < 4.78 is 5.43. The Morgan fingerprint density at radius 2 is 2.11 bits per heavy atom. The Kier molecular flexibility index (Phi) is 5.78. The van der Waals surface area contributed by atoms with Gasteiger partial charge >= 0.3 is 5.97 Å². The van der Waals surface area contributed by atoms with Crippen molar-refractivity contribution in [3.05, 3.63) is 33.8 Å². The van der Waals surface area contributed by atoms with Crippen molar-refractivity contribution in [3.8, 4) is 0 Å². The highest BCUT2D eigenvalue weighted by Crippen LogP contribution is 2.27. The zero-order valence-corrected chi connectivity index (χ0v) is 12.0. The first kappa shape index (κ1) is 15.1. The molecule has 0 aromatic heterocycles. The highest BCUT2D eigenvalue weighted by molar-refractivity contribution is 9.10. The summed E-state index contributed by atoms with van der Waals surface area (Å²) in [6.45, 7) is 3.88. The maximum Gasteiger partial charge on any atom is 0.308 e. The summed E-state index contributed by atoms with van der Waals surface area (Å²) in [7, 11) is 0. The molecule has 0 heterocycles. The van der Waals surface area contributed by atoms with Crippen LogP contribution in [0.2, 0.25) is 0 Å². The molecule has 0 saturated carbocycles. The van der Waals surface area contributed by atoms with Gasteiger partial charge in [0, 0.05) is 4.47 Å². The van der Waals surface area contributed by atoms with Crippen molar-refractivity contribution < 1.29 is 19.7 Å². The van der Waals surface area contributed by atoms with Crippen molar-refractivity contribution in [2.24, 2.45) is 0 Å². The van der Waals surface area contributed by atoms with E-state index in [0.717, 1.165) is 5.56 Å². The third kappa shape index (κ3) is 4.08. The lowest BCUT2D eigenvalue weighted by molar-refractivity contribution is -0.147. The third-order valence-corrected chi connectivity index (χ3v) is 3.21. The van der Waals surface area contributed by atoms with Crippen LogP contribution in [0.5, 0.6) is 0 Å². The van der Waals surface area contributed by atoms with Crippen LogP contribution >= 0.6 is 15.9 Å². The highest BCUT2D eigenvalue weighted by atomic mass is 79.9. The zero-order chi connectivity index (χ0) is 13.7. The summed E-state index contributed by atoms with van der Waals surface area (Å²) >= 11 is 3.33. The van der Waals surface area contributed by atoms with Gasteiger partial charge in [0.2, 0.25) is 0 Å². The van der Waals surface area contributed by atoms with Crippen LogP contribution in [0.3, 0.4) is 0 Å². The standard InChI is InChI=1S/C13H17BrO4/c1-3-18-12(16)7-11(15)13(17)9-5-4-8(2)6-10(9)14/h4-6,11,13,15,17H,3,7H2,1-2H3. The lowest BCUT2D eigenvalue weighted by Crippen LogP contribution is -2.23. The Bertz CT molecular complexity index is 419. The summed E-state index contributed by atoms with van der Waals surface area (Å²) in [5, 5.41) is 19.8. The number of aliphatic hydroxyl groups excluding tert-OH is 2. The van der Waals surface area contributed by atoms with Gasteiger partial charge in [0.15, 0.2) is 0 Å². The largest absolute Gasteiger partial charge is 0.466 e. The van der Waals surface area contributed by atoms with E-state index in [1.54, 1.807) is 13.0 Å². The van der Waals surface area contributed by atoms with Gasteiger partial charge in [-0.05, 0) is 31.0 Å². The van der Waals surface area contributed by atoms with Crippen LogP contribution in [0.15, 0.2) is 22.7 Å². The first-order valence-corrected chi connectivity index (χ1v) is 6.52. The normalized spacial score (nSPS) is 14.1. The van der Waals surface area contributed by atoms with Gasteiger partial charge < -0.3 is 14.9 Å². The average Bonchev–Trinajstić information content (AvgIpc) is 2.28. The average molecular weight is 317 g/mol. The van der Waals surface area contributed by atoms with Gasteiger partial charge in [0.25, 0.3) is 0 Å². The predicted molar refractivity (Wildman–Crippen MR) is 71.1 cm³/mol. The second kappa shape index (κ2) is 6.87. The Hall–Kier alpha value is -0.910. The molecule has 0 aliphatic heterocycles. The second-order valence-corrected chi connectivity index (χ2v) is 4.90. The Labute approximate surface area is 115 Å². The van der Waals surface area contributed by atoms with Crippen LogP contribution in [0.25, 0.3) is 0 Å². The fraction of sp³-hybridized carbons (Fsp3) is 0.462. The van der Waals surface area contributed by atoms with Crippen molar-refractivity contribution in [2.75, 3.05) is 6.61 Å². The lowest BCUT2D eigenvalue weighted by atomic mass is 10.0. The van der Waals surface area contributed by atoms with Crippen LogP contribution in [0, 0.1) is 6.92 Å². The number of hydrogen-bond donors (Lipinski definition) is 2. The van der Waals surface area contributed by atoms with Crippen molar-refractivity contribution in [3.63, 3.8) is 0 Å². The number of hydrogen-bond acceptors (Lipinski definition) is 4. The van der Waals surface area contributed by atoms with Gasteiger partial charge in [-0.3, -0.25) is 4.79 Å². The monoisotopic (exact) mass is 316 g/mol. The number of halogens is 1. The number of ether oxygens (including phenoxy) is 1. The molecule has 0 spiro atoms. The number of esters is 1. The van der Waals surface area contributed by atoms with E-state index in [-0.39, 0.29) is 13.0 Å². The molecule has 0 aliphatic carbocycles. The molecule has 0 amide bonds. The molecule has 2 unspecified atom stereocenters. The molecule has 2 atom stereocenters. The van der Waals surface area contributed by atoms with Crippen LogP contribution in [-0.2, 0) is 9.53 Å². The quantitative estimate of drug-likeness (QED) is 0.816. The van der Waals surface area contributed by atoms with Crippen molar-refractivity contribution in [2.45, 2.75) is 32.5 Å². The molecule has 1 aromatic rings. The lowest BCUT2D eigenvalue weighted by Gasteiger charge is -2.19. The van der Waals surface area contributed by atoms with Gasteiger partial charge in [0.1, 0.15) is 6.10 Å². The van der Waals surface area contributed by atoms with Gasteiger partial charge in [0.05, 0.1) is 19.1 Å². The molecule has 18 heavy (non-hydrogen) atoms. The van der Waals surface area contributed by atoms with Crippen molar-refractivity contribution in [1.82, 2.24) is 0 Å². The summed E-state index contributed by atoms with van der Waals surface area (Å²) in [6.07, 6.45) is -2.53. The van der Waals surface area contributed by atoms with Crippen molar-refractivity contribution in [1.29, 1.82) is 0 Å². The van der Waals surface area contributed by atoms with Gasteiger partial charge in [-0.25, -0.2) is 0 Å². The van der Waals surface area contributed by atoms with E-state index >= 15 is 0 Å². The van der Waals surface area contributed by atoms with Gasteiger partial charge in [-0.1, -0.05) is 28.1 Å².